The van der Waals surface area contributed by atoms with Crippen LogP contribution in [0.3, 0.4) is 0 Å². The Morgan fingerprint density at radius 1 is 0.885 bits per heavy atom. The molecule has 2 aliphatic heterocycles. The van der Waals surface area contributed by atoms with Gasteiger partial charge in [-0.05, 0) is 74.1 Å². The molecule has 1 spiro atoms. The Kier molecular flexibility index (Phi) is 7.78. The fourth-order valence-electron chi connectivity index (χ4n) is 4.12. The van der Waals surface area contributed by atoms with Gasteiger partial charge in [-0.3, -0.25) is 4.90 Å². The van der Waals surface area contributed by atoms with Crippen LogP contribution in [0.1, 0.15) is 24.8 Å². The van der Waals surface area contributed by atoms with Gasteiger partial charge in [0.1, 0.15) is 11.5 Å². The van der Waals surface area contributed by atoms with Crippen LogP contribution in [0.5, 0.6) is 11.5 Å². The van der Waals surface area contributed by atoms with Gasteiger partial charge >= 0.3 is 0 Å². The van der Waals surface area contributed by atoms with Crippen LogP contribution in [-0.2, 0) is 6.54 Å². The Balaban J connectivity index is 0.00000121. The molecule has 0 bridgehead atoms. The van der Waals surface area contributed by atoms with E-state index in [-0.39, 0.29) is 24.8 Å². The zero-order chi connectivity index (χ0) is 16.2. The Labute approximate surface area is 168 Å². The number of likely N-dealkylation sites (tertiary alicyclic amines) is 1. The summed E-state index contributed by atoms with van der Waals surface area (Å²) in [5.41, 5.74) is 1.91. The molecule has 1 N–H and O–H groups in total. The molecule has 5 heteroatoms. The number of halogens is 2. The number of nitrogens with zero attached hydrogens (tertiary/aromatic N) is 1. The molecule has 0 aliphatic carbocycles. The van der Waals surface area contributed by atoms with Crippen molar-refractivity contribution in [2.24, 2.45) is 5.41 Å². The molecule has 0 radical (unpaired) electrons. The zero-order valence-corrected chi connectivity index (χ0v) is 16.7. The minimum Gasteiger partial charge on any atom is -0.457 e. The molecule has 0 aromatic heterocycles. The van der Waals surface area contributed by atoms with E-state index in [0.29, 0.717) is 5.41 Å². The van der Waals surface area contributed by atoms with Crippen LogP contribution in [0, 0.1) is 5.41 Å². The van der Waals surface area contributed by atoms with E-state index in [9.17, 15) is 0 Å². The van der Waals surface area contributed by atoms with Gasteiger partial charge in [-0.1, -0.05) is 30.3 Å². The summed E-state index contributed by atoms with van der Waals surface area (Å²) < 4.78 is 5.97. The zero-order valence-electron chi connectivity index (χ0n) is 15.0. The van der Waals surface area contributed by atoms with Crippen molar-refractivity contribution in [3.8, 4) is 11.5 Å². The third kappa shape index (κ3) is 5.14. The third-order valence-electron chi connectivity index (χ3n) is 5.47. The second kappa shape index (κ2) is 9.61. The molecule has 2 aromatic rings. The van der Waals surface area contributed by atoms with Gasteiger partial charge in [-0.25, -0.2) is 0 Å². The van der Waals surface area contributed by atoms with Crippen LogP contribution >= 0.6 is 24.8 Å². The Morgan fingerprint density at radius 2 is 1.62 bits per heavy atom. The number of rotatable bonds is 4. The summed E-state index contributed by atoms with van der Waals surface area (Å²) in [5.74, 6) is 1.82. The Hall–Kier alpha value is -1.26. The van der Waals surface area contributed by atoms with Crippen molar-refractivity contribution in [2.75, 3.05) is 26.2 Å². The van der Waals surface area contributed by atoms with Crippen LogP contribution in [-0.4, -0.2) is 31.1 Å². The molecule has 4 rings (SSSR count). The van der Waals surface area contributed by atoms with Gasteiger partial charge in [0.15, 0.2) is 0 Å². The quantitative estimate of drug-likeness (QED) is 0.797. The Morgan fingerprint density at radius 3 is 2.38 bits per heavy atom. The van der Waals surface area contributed by atoms with E-state index < -0.39 is 0 Å². The van der Waals surface area contributed by atoms with E-state index in [1.54, 1.807) is 0 Å². The van der Waals surface area contributed by atoms with E-state index in [2.05, 4.69) is 28.4 Å². The molecule has 2 heterocycles. The normalized spacial score (nSPS) is 18.8. The molecule has 2 fully saturated rings. The lowest BCUT2D eigenvalue weighted by molar-refractivity contribution is 0.194. The maximum Gasteiger partial charge on any atom is 0.127 e. The smallest absolute Gasteiger partial charge is 0.127 e. The van der Waals surface area contributed by atoms with Crippen molar-refractivity contribution in [3.05, 3.63) is 60.2 Å². The first-order valence-electron chi connectivity index (χ1n) is 9.06. The number of piperidine rings is 1. The van der Waals surface area contributed by atoms with E-state index in [0.717, 1.165) is 18.0 Å². The Bertz CT molecular complexity index is 675. The van der Waals surface area contributed by atoms with Crippen molar-refractivity contribution in [2.45, 2.75) is 25.8 Å². The highest BCUT2D eigenvalue weighted by Gasteiger charge is 2.38. The van der Waals surface area contributed by atoms with Crippen molar-refractivity contribution < 1.29 is 4.74 Å². The molecule has 26 heavy (non-hydrogen) atoms. The average molecular weight is 395 g/mol. The van der Waals surface area contributed by atoms with Crippen molar-refractivity contribution >= 4 is 24.8 Å². The molecule has 0 saturated carbocycles. The first-order valence-corrected chi connectivity index (χ1v) is 9.06. The van der Waals surface area contributed by atoms with E-state index in [1.165, 1.54) is 51.0 Å². The van der Waals surface area contributed by atoms with E-state index >= 15 is 0 Å². The maximum absolute atomic E-state index is 5.97. The highest BCUT2D eigenvalue weighted by atomic mass is 35.5. The number of para-hydroxylation sites is 1. The highest BCUT2D eigenvalue weighted by Crippen LogP contribution is 2.39. The largest absolute Gasteiger partial charge is 0.457 e. The first kappa shape index (κ1) is 21.0. The van der Waals surface area contributed by atoms with Gasteiger partial charge in [0.25, 0.3) is 0 Å². The molecule has 2 aromatic carbocycles. The second-order valence-corrected chi connectivity index (χ2v) is 7.27. The summed E-state index contributed by atoms with van der Waals surface area (Å²) in [7, 11) is 0. The molecule has 0 atom stereocenters. The van der Waals surface area contributed by atoms with Crippen molar-refractivity contribution in [1.29, 1.82) is 0 Å². The molecule has 0 unspecified atom stereocenters. The van der Waals surface area contributed by atoms with Gasteiger partial charge in [-0.2, -0.15) is 0 Å². The number of benzene rings is 2. The van der Waals surface area contributed by atoms with Crippen molar-refractivity contribution in [1.82, 2.24) is 10.2 Å². The molecule has 0 amide bonds. The summed E-state index contributed by atoms with van der Waals surface area (Å²) in [5, 5.41) is 3.50. The number of nitrogens with one attached hydrogen (secondary N) is 1. The lowest BCUT2D eigenvalue weighted by Gasteiger charge is -2.34. The summed E-state index contributed by atoms with van der Waals surface area (Å²) >= 11 is 0. The number of ether oxygens (including phenoxy) is 1. The molecular formula is C21H28Cl2N2O. The van der Waals surface area contributed by atoms with Gasteiger partial charge in [0, 0.05) is 13.1 Å². The summed E-state index contributed by atoms with van der Waals surface area (Å²) in [4.78, 5) is 2.62. The first-order chi connectivity index (χ1) is 11.8. The second-order valence-electron chi connectivity index (χ2n) is 7.27. The summed E-state index contributed by atoms with van der Waals surface area (Å²) in [6.45, 7) is 5.88. The molecule has 142 valence electrons. The van der Waals surface area contributed by atoms with E-state index in [1.807, 2.05) is 36.4 Å². The van der Waals surface area contributed by atoms with Crippen LogP contribution in [0.2, 0.25) is 0 Å². The van der Waals surface area contributed by atoms with Crippen LogP contribution < -0.4 is 10.1 Å². The standard InChI is InChI=1S/C21H26N2O.2ClH/c1-2-6-19(7-3-1)24-20-8-4-5-18(15-20)16-23-14-11-21(17-23)9-12-22-13-10-21;;/h1-8,15,22H,9-14,16-17H2;2*1H. The molecular weight excluding hydrogens is 367 g/mol. The van der Waals surface area contributed by atoms with Gasteiger partial charge in [0.2, 0.25) is 0 Å². The van der Waals surface area contributed by atoms with Gasteiger partial charge in [0.05, 0.1) is 0 Å². The predicted octanol–water partition coefficient (Wildman–Crippen LogP) is 4.90. The van der Waals surface area contributed by atoms with Gasteiger partial charge in [-0.15, -0.1) is 24.8 Å². The summed E-state index contributed by atoms with van der Waals surface area (Å²) in [6.07, 6.45) is 4.02. The van der Waals surface area contributed by atoms with Crippen molar-refractivity contribution in [3.63, 3.8) is 0 Å². The molecule has 2 saturated heterocycles. The predicted molar refractivity (Wildman–Crippen MR) is 112 cm³/mol. The topological polar surface area (TPSA) is 24.5 Å². The highest BCUT2D eigenvalue weighted by molar-refractivity contribution is 5.85. The van der Waals surface area contributed by atoms with Crippen LogP contribution in [0.4, 0.5) is 0 Å². The van der Waals surface area contributed by atoms with Crippen LogP contribution in [0.15, 0.2) is 54.6 Å². The SMILES string of the molecule is Cl.Cl.c1ccc(Oc2cccc(CN3CCC4(CCNCC4)C3)c2)cc1. The fourth-order valence-corrected chi connectivity index (χ4v) is 4.12. The monoisotopic (exact) mass is 394 g/mol. The third-order valence-corrected chi connectivity index (χ3v) is 5.47. The minimum absolute atomic E-state index is 0. The van der Waals surface area contributed by atoms with E-state index in [4.69, 9.17) is 4.74 Å². The number of hydrogen-bond donors (Lipinski definition) is 1. The summed E-state index contributed by atoms with van der Waals surface area (Å²) in [6, 6.07) is 18.5. The number of hydrogen-bond acceptors (Lipinski definition) is 3. The fraction of sp³-hybridized carbons (Fsp3) is 0.429. The minimum atomic E-state index is 0. The van der Waals surface area contributed by atoms with Gasteiger partial charge < -0.3 is 10.1 Å². The van der Waals surface area contributed by atoms with Crippen LogP contribution in [0.25, 0.3) is 0 Å². The lowest BCUT2D eigenvalue weighted by Crippen LogP contribution is -2.38. The average Bonchev–Trinajstić information content (AvgIpc) is 2.99. The lowest BCUT2D eigenvalue weighted by atomic mass is 9.78. The molecule has 3 nitrogen and oxygen atoms in total. The molecule has 2 aliphatic rings. The maximum atomic E-state index is 5.97.